The van der Waals surface area contributed by atoms with Crippen molar-refractivity contribution in [2.75, 3.05) is 6.54 Å². The second-order valence-electron chi connectivity index (χ2n) is 3.82. The van der Waals surface area contributed by atoms with Crippen LogP contribution in [0.4, 0.5) is 0 Å². The minimum atomic E-state index is 0.338. The predicted octanol–water partition coefficient (Wildman–Crippen LogP) is 2.48. The number of phenolic OH excluding ortho intramolecular Hbond substituents is 1. The van der Waals surface area contributed by atoms with Crippen molar-refractivity contribution in [3.05, 3.63) is 29.8 Å². The monoisotopic (exact) mass is 193 g/mol. The second-order valence-corrected chi connectivity index (χ2v) is 3.82. The zero-order chi connectivity index (χ0) is 10.6. The first-order valence-corrected chi connectivity index (χ1v) is 5.18. The number of nitrogens with two attached hydrogens (primary N) is 1. The van der Waals surface area contributed by atoms with E-state index in [0.717, 1.165) is 6.42 Å². The van der Waals surface area contributed by atoms with E-state index in [0.29, 0.717) is 24.1 Å². The standard InChI is InChI=1S/C12H19NO/c1-3-12(9(2)8-13)10-5-4-6-11(14)7-10/h4-7,9,12,14H,3,8,13H2,1-2H3/t9-,12+/m0/s1. The van der Waals surface area contributed by atoms with Gasteiger partial charge in [0.25, 0.3) is 0 Å². The van der Waals surface area contributed by atoms with E-state index in [9.17, 15) is 5.11 Å². The van der Waals surface area contributed by atoms with E-state index < -0.39 is 0 Å². The van der Waals surface area contributed by atoms with Gasteiger partial charge >= 0.3 is 0 Å². The van der Waals surface area contributed by atoms with E-state index in [2.05, 4.69) is 19.9 Å². The van der Waals surface area contributed by atoms with Crippen molar-refractivity contribution in [2.45, 2.75) is 26.2 Å². The zero-order valence-electron chi connectivity index (χ0n) is 8.90. The van der Waals surface area contributed by atoms with Gasteiger partial charge in [-0.05, 0) is 42.5 Å². The topological polar surface area (TPSA) is 46.2 Å². The summed E-state index contributed by atoms with van der Waals surface area (Å²) in [7, 11) is 0. The van der Waals surface area contributed by atoms with Crippen LogP contribution in [0.5, 0.6) is 5.75 Å². The Morgan fingerprint density at radius 3 is 2.64 bits per heavy atom. The van der Waals surface area contributed by atoms with Crippen LogP contribution in [0.15, 0.2) is 24.3 Å². The molecule has 0 bridgehead atoms. The Labute approximate surface area is 85.8 Å². The molecule has 0 saturated heterocycles. The largest absolute Gasteiger partial charge is 0.508 e. The molecule has 0 amide bonds. The van der Waals surface area contributed by atoms with Crippen LogP contribution in [0.2, 0.25) is 0 Å². The number of phenols is 1. The molecule has 0 aliphatic carbocycles. The molecule has 0 saturated carbocycles. The zero-order valence-corrected chi connectivity index (χ0v) is 8.90. The van der Waals surface area contributed by atoms with E-state index >= 15 is 0 Å². The molecule has 3 N–H and O–H groups in total. The normalized spacial score (nSPS) is 15.1. The van der Waals surface area contributed by atoms with Gasteiger partial charge in [-0.15, -0.1) is 0 Å². The Morgan fingerprint density at radius 2 is 2.14 bits per heavy atom. The van der Waals surface area contributed by atoms with Gasteiger partial charge in [-0.2, -0.15) is 0 Å². The Morgan fingerprint density at radius 1 is 1.43 bits per heavy atom. The minimum Gasteiger partial charge on any atom is -0.508 e. The molecule has 1 aromatic carbocycles. The van der Waals surface area contributed by atoms with Crippen molar-refractivity contribution < 1.29 is 5.11 Å². The first-order chi connectivity index (χ1) is 6.69. The summed E-state index contributed by atoms with van der Waals surface area (Å²) < 4.78 is 0. The van der Waals surface area contributed by atoms with E-state index in [1.165, 1.54) is 5.56 Å². The van der Waals surface area contributed by atoms with Crippen LogP contribution in [0, 0.1) is 5.92 Å². The molecular formula is C12H19NO. The van der Waals surface area contributed by atoms with Gasteiger partial charge in [-0.1, -0.05) is 26.0 Å². The molecule has 0 aliphatic rings. The molecule has 0 spiro atoms. The maximum absolute atomic E-state index is 9.38. The smallest absolute Gasteiger partial charge is 0.115 e. The van der Waals surface area contributed by atoms with Crippen molar-refractivity contribution in [1.82, 2.24) is 0 Å². The summed E-state index contributed by atoms with van der Waals surface area (Å²) in [5, 5.41) is 9.38. The molecular weight excluding hydrogens is 174 g/mol. The Kier molecular flexibility index (Phi) is 3.96. The van der Waals surface area contributed by atoms with E-state index in [1.807, 2.05) is 12.1 Å². The second kappa shape index (κ2) is 5.01. The molecule has 2 nitrogen and oxygen atoms in total. The van der Waals surface area contributed by atoms with Crippen LogP contribution in [-0.2, 0) is 0 Å². The fourth-order valence-electron chi connectivity index (χ4n) is 1.89. The van der Waals surface area contributed by atoms with Crippen LogP contribution in [0.3, 0.4) is 0 Å². The van der Waals surface area contributed by atoms with Crippen molar-refractivity contribution in [3.8, 4) is 5.75 Å². The molecule has 1 aromatic rings. The fraction of sp³-hybridized carbons (Fsp3) is 0.500. The van der Waals surface area contributed by atoms with Gasteiger partial charge in [0.1, 0.15) is 5.75 Å². The van der Waals surface area contributed by atoms with Crippen LogP contribution >= 0.6 is 0 Å². The summed E-state index contributed by atoms with van der Waals surface area (Å²) in [5.74, 6) is 1.25. The average Bonchev–Trinajstić information content (AvgIpc) is 2.19. The van der Waals surface area contributed by atoms with E-state index in [1.54, 1.807) is 6.07 Å². The molecule has 1 rings (SSSR count). The van der Waals surface area contributed by atoms with Gasteiger partial charge in [0.15, 0.2) is 0 Å². The van der Waals surface area contributed by atoms with Crippen LogP contribution in [0.1, 0.15) is 31.7 Å². The molecule has 0 radical (unpaired) electrons. The van der Waals surface area contributed by atoms with Gasteiger partial charge in [-0.3, -0.25) is 0 Å². The van der Waals surface area contributed by atoms with Gasteiger partial charge in [-0.25, -0.2) is 0 Å². The van der Waals surface area contributed by atoms with Gasteiger partial charge in [0.2, 0.25) is 0 Å². The molecule has 0 fully saturated rings. The quantitative estimate of drug-likeness (QED) is 0.771. The lowest BCUT2D eigenvalue weighted by Crippen LogP contribution is -2.18. The minimum absolute atomic E-state index is 0.338. The molecule has 14 heavy (non-hydrogen) atoms. The van der Waals surface area contributed by atoms with Crippen LogP contribution in [0.25, 0.3) is 0 Å². The number of rotatable bonds is 4. The molecule has 78 valence electrons. The first kappa shape index (κ1) is 11.1. The summed E-state index contributed by atoms with van der Waals surface area (Å²) in [6.07, 6.45) is 1.06. The number of benzene rings is 1. The summed E-state index contributed by atoms with van der Waals surface area (Å²) in [6.45, 7) is 4.99. The third-order valence-corrected chi connectivity index (χ3v) is 2.80. The third-order valence-electron chi connectivity index (χ3n) is 2.80. The molecule has 2 heteroatoms. The first-order valence-electron chi connectivity index (χ1n) is 5.18. The average molecular weight is 193 g/mol. The fourth-order valence-corrected chi connectivity index (χ4v) is 1.89. The SMILES string of the molecule is CC[C@@H](c1cccc(O)c1)[C@@H](C)CN. The summed E-state index contributed by atoms with van der Waals surface area (Å²) >= 11 is 0. The Hall–Kier alpha value is -1.02. The van der Waals surface area contributed by atoms with Gasteiger partial charge in [0.05, 0.1) is 0 Å². The Bertz CT molecular complexity index is 285. The molecule has 0 heterocycles. The third kappa shape index (κ3) is 2.48. The number of hydrogen-bond acceptors (Lipinski definition) is 2. The lowest BCUT2D eigenvalue weighted by Gasteiger charge is -2.21. The Balaban J connectivity index is 2.89. The summed E-state index contributed by atoms with van der Waals surface area (Å²) in [6, 6.07) is 7.47. The molecule has 0 unspecified atom stereocenters. The molecule has 0 aromatic heterocycles. The highest BCUT2D eigenvalue weighted by atomic mass is 16.3. The van der Waals surface area contributed by atoms with E-state index in [4.69, 9.17) is 5.73 Å². The van der Waals surface area contributed by atoms with Crippen molar-refractivity contribution >= 4 is 0 Å². The molecule has 0 aliphatic heterocycles. The summed E-state index contributed by atoms with van der Waals surface area (Å²) in [5.41, 5.74) is 6.85. The maximum Gasteiger partial charge on any atom is 0.115 e. The predicted molar refractivity (Wildman–Crippen MR) is 59.4 cm³/mol. The van der Waals surface area contributed by atoms with Gasteiger partial charge < -0.3 is 10.8 Å². The van der Waals surface area contributed by atoms with E-state index in [-0.39, 0.29) is 0 Å². The van der Waals surface area contributed by atoms with Crippen molar-refractivity contribution in [2.24, 2.45) is 11.7 Å². The van der Waals surface area contributed by atoms with Crippen LogP contribution in [-0.4, -0.2) is 11.7 Å². The van der Waals surface area contributed by atoms with Crippen LogP contribution < -0.4 is 5.73 Å². The number of aromatic hydroxyl groups is 1. The highest BCUT2D eigenvalue weighted by Gasteiger charge is 2.16. The van der Waals surface area contributed by atoms with Gasteiger partial charge in [0, 0.05) is 0 Å². The number of hydrogen-bond donors (Lipinski definition) is 2. The lowest BCUT2D eigenvalue weighted by molar-refractivity contribution is 0.447. The van der Waals surface area contributed by atoms with Crippen molar-refractivity contribution in [1.29, 1.82) is 0 Å². The summed E-state index contributed by atoms with van der Waals surface area (Å²) in [4.78, 5) is 0. The maximum atomic E-state index is 9.38. The van der Waals surface area contributed by atoms with Crippen molar-refractivity contribution in [3.63, 3.8) is 0 Å². The highest BCUT2D eigenvalue weighted by Crippen LogP contribution is 2.29. The highest BCUT2D eigenvalue weighted by molar-refractivity contribution is 5.30. The molecule has 2 atom stereocenters. The lowest BCUT2D eigenvalue weighted by atomic mass is 9.85.